The highest BCUT2D eigenvalue weighted by Gasteiger charge is 2.26. The van der Waals surface area contributed by atoms with Crippen LogP contribution in [0, 0.1) is 18.6 Å². The Hall–Kier alpha value is -3.14. The lowest BCUT2D eigenvalue weighted by molar-refractivity contribution is -0.122. The minimum atomic E-state index is -1.24. The van der Waals surface area contributed by atoms with Crippen molar-refractivity contribution in [2.24, 2.45) is 0 Å². The van der Waals surface area contributed by atoms with E-state index >= 15 is 0 Å². The van der Waals surface area contributed by atoms with Crippen molar-refractivity contribution in [1.29, 1.82) is 0 Å². The first-order valence-electron chi connectivity index (χ1n) is 8.47. The Labute approximate surface area is 173 Å². The molecule has 0 saturated heterocycles. The van der Waals surface area contributed by atoms with Gasteiger partial charge in [0.05, 0.1) is 11.4 Å². The predicted octanol–water partition coefficient (Wildman–Crippen LogP) is 2.83. The van der Waals surface area contributed by atoms with Crippen LogP contribution >= 0.6 is 15.9 Å². The van der Waals surface area contributed by atoms with E-state index in [2.05, 4.69) is 36.9 Å². The molecule has 0 aliphatic carbocycles. The highest BCUT2D eigenvalue weighted by molar-refractivity contribution is 9.10. The summed E-state index contributed by atoms with van der Waals surface area (Å²) in [5, 5.41) is 12.8. The normalized spacial score (nSPS) is 11.8. The van der Waals surface area contributed by atoms with Gasteiger partial charge in [-0.15, -0.1) is 5.10 Å². The van der Waals surface area contributed by atoms with Gasteiger partial charge in [0.1, 0.15) is 6.04 Å². The number of hydrogen-bond acceptors (Lipinski definition) is 4. The maximum Gasteiger partial charge on any atom is 0.274 e. The highest BCUT2D eigenvalue weighted by atomic mass is 79.9. The zero-order chi connectivity index (χ0) is 21.1. The molecule has 1 unspecified atom stereocenters. The van der Waals surface area contributed by atoms with Gasteiger partial charge in [-0.1, -0.05) is 33.3 Å². The van der Waals surface area contributed by atoms with E-state index < -0.39 is 29.5 Å². The van der Waals surface area contributed by atoms with Crippen LogP contribution in [0.3, 0.4) is 0 Å². The van der Waals surface area contributed by atoms with E-state index in [9.17, 15) is 18.4 Å². The van der Waals surface area contributed by atoms with Crippen LogP contribution in [-0.2, 0) is 4.79 Å². The maximum absolute atomic E-state index is 13.6. The predicted molar refractivity (Wildman–Crippen MR) is 104 cm³/mol. The molecule has 1 atom stereocenters. The Morgan fingerprint density at radius 1 is 1.14 bits per heavy atom. The number of amides is 2. The summed E-state index contributed by atoms with van der Waals surface area (Å²) in [5.74, 6) is -3.45. The standard InChI is InChI=1S/C19H16BrF2N5O2/c1-10-16(25-26-27(10)13-5-3-4-12(20)9-13)19(29)24-17(18(28)23-2)11-6-7-14(21)15(22)8-11/h3-9,17H,1-2H3,(H,23,28)(H,24,29). The SMILES string of the molecule is CNC(=O)C(NC(=O)c1nnn(-c2cccc(Br)c2)c1C)c1ccc(F)c(F)c1. The molecule has 1 aromatic heterocycles. The maximum atomic E-state index is 13.6. The number of aromatic nitrogens is 3. The number of rotatable bonds is 5. The molecule has 2 N–H and O–H groups in total. The molecule has 2 aromatic carbocycles. The topological polar surface area (TPSA) is 88.9 Å². The average molecular weight is 464 g/mol. The molecular weight excluding hydrogens is 448 g/mol. The van der Waals surface area contributed by atoms with Crippen LogP contribution in [0.25, 0.3) is 5.69 Å². The lowest BCUT2D eigenvalue weighted by Crippen LogP contribution is -2.39. The monoisotopic (exact) mass is 463 g/mol. The second-order valence-electron chi connectivity index (χ2n) is 6.11. The summed E-state index contributed by atoms with van der Waals surface area (Å²) in [6, 6.07) is 9.00. The summed E-state index contributed by atoms with van der Waals surface area (Å²) in [7, 11) is 1.37. The second kappa shape index (κ2) is 8.48. The largest absolute Gasteiger partial charge is 0.357 e. The number of nitrogens with zero attached hydrogens (tertiary/aromatic N) is 3. The van der Waals surface area contributed by atoms with Crippen molar-refractivity contribution in [2.45, 2.75) is 13.0 Å². The van der Waals surface area contributed by atoms with Crippen molar-refractivity contribution in [3.8, 4) is 5.69 Å². The number of carbonyl (C=O) groups is 2. The summed E-state index contributed by atoms with van der Waals surface area (Å²) < 4.78 is 29.1. The molecule has 0 aliphatic rings. The number of carbonyl (C=O) groups excluding carboxylic acids is 2. The Morgan fingerprint density at radius 2 is 1.90 bits per heavy atom. The summed E-state index contributed by atoms with van der Waals surface area (Å²) >= 11 is 3.37. The molecule has 7 nitrogen and oxygen atoms in total. The number of nitrogens with one attached hydrogen (secondary N) is 2. The number of hydrogen-bond donors (Lipinski definition) is 2. The minimum absolute atomic E-state index is 0.00135. The molecule has 0 saturated carbocycles. The van der Waals surface area contributed by atoms with Crippen LogP contribution in [0.2, 0.25) is 0 Å². The van der Waals surface area contributed by atoms with E-state index in [1.54, 1.807) is 19.1 Å². The van der Waals surface area contributed by atoms with Gasteiger partial charge >= 0.3 is 0 Å². The fourth-order valence-electron chi connectivity index (χ4n) is 2.73. The van der Waals surface area contributed by atoms with Crippen LogP contribution in [0.1, 0.15) is 27.8 Å². The fraction of sp³-hybridized carbons (Fsp3) is 0.158. The van der Waals surface area contributed by atoms with Crippen LogP contribution < -0.4 is 10.6 Å². The van der Waals surface area contributed by atoms with E-state index in [-0.39, 0.29) is 11.3 Å². The van der Waals surface area contributed by atoms with Gasteiger partial charge in [-0.2, -0.15) is 0 Å². The molecule has 0 fully saturated rings. The van der Waals surface area contributed by atoms with E-state index in [1.807, 2.05) is 12.1 Å². The summed E-state index contributed by atoms with van der Waals surface area (Å²) in [5.41, 5.74) is 1.23. The quantitative estimate of drug-likeness (QED) is 0.608. The first kappa shape index (κ1) is 20.6. The Morgan fingerprint density at radius 3 is 2.55 bits per heavy atom. The van der Waals surface area contributed by atoms with Gasteiger partial charge in [0.25, 0.3) is 5.91 Å². The Balaban J connectivity index is 1.90. The Bertz CT molecular complexity index is 1090. The molecular formula is C19H16BrF2N5O2. The van der Waals surface area contributed by atoms with Gasteiger partial charge in [0, 0.05) is 11.5 Å². The summed E-state index contributed by atoms with van der Waals surface area (Å²) in [6.45, 7) is 1.66. The van der Waals surface area contributed by atoms with Crippen LogP contribution in [0.4, 0.5) is 8.78 Å². The third-order valence-electron chi connectivity index (χ3n) is 4.22. The zero-order valence-corrected chi connectivity index (χ0v) is 17.0. The number of halogens is 3. The van der Waals surface area contributed by atoms with E-state index in [4.69, 9.17) is 0 Å². The Kier molecular flexibility index (Phi) is 6.02. The third kappa shape index (κ3) is 4.32. The lowest BCUT2D eigenvalue weighted by Gasteiger charge is -2.17. The van der Waals surface area contributed by atoms with Gasteiger partial charge in [-0.05, 0) is 42.8 Å². The smallest absolute Gasteiger partial charge is 0.274 e. The van der Waals surface area contributed by atoms with Crippen LogP contribution in [-0.4, -0.2) is 33.9 Å². The van der Waals surface area contributed by atoms with Gasteiger partial charge < -0.3 is 10.6 Å². The molecule has 150 valence electrons. The minimum Gasteiger partial charge on any atom is -0.357 e. The van der Waals surface area contributed by atoms with E-state index in [0.717, 1.165) is 16.6 Å². The third-order valence-corrected chi connectivity index (χ3v) is 4.72. The van der Waals surface area contributed by atoms with Crippen molar-refractivity contribution in [2.75, 3.05) is 7.05 Å². The molecule has 3 aromatic rings. The van der Waals surface area contributed by atoms with Crippen molar-refractivity contribution in [3.63, 3.8) is 0 Å². The van der Waals surface area contributed by atoms with Crippen molar-refractivity contribution < 1.29 is 18.4 Å². The molecule has 2 amide bonds. The van der Waals surface area contributed by atoms with E-state index in [1.165, 1.54) is 17.8 Å². The van der Waals surface area contributed by atoms with Crippen molar-refractivity contribution in [1.82, 2.24) is 25.6 Å². The molecule has 0 spiro atoms. The van der Waals surface area contributed by atoms with Gasteiger partial charge in [0.2, 0.25) is 5.91 Å². The first-order chi connectivity index (χ1) is 13.8. The van der Waals surface area contributed by atoms with E-state index in [0.29, 0.717) is 11.4 Å². The molecule has 10 heteroatoms. The summed E-state index contributed by atoms with van der Waals surface area (Å²) in [4.78, 5) is 25.0. The summed E-state index contributed by atoms with van der Waals surface area (Å²) in [6.07, 6.45) is 0. The van der Waals surface area contributed by atoms with Gasteiger partial charge in [-0.25, -0.2) is 13.5 Å². The second-order valence-corrected chi connectivity index (χ2v) is 7.03. The molecule has 29 heavy (non-hydrogen) atoms. The molecule has 0 aliphatic heterocycles. The number of benzene rings is 2. The molecule has 3 rings (SSSR count). The van der Waals surface area contributed by atoms with Gasteiger partial charge in [0.15, 0.2) is 17.3 Å². The molecule has 0 bridgehead atoms. The van der Waals surface area contributed by atoms with Crippen LogP contribution in [0.5, 0.6) is 0 Å². The van der Waals surface area contributed by atoms with Crippen LogP contribution in [0.15, 0.2) is 46.9 Å². The highest BCUT2D eigenvalue weighted by Crippen LogP contribution is 2.20. The molecule has 0 radical (unpaired) electrons. The van der Waals surface area contributed by atoms with Crippen molar-refractivity contribution in [3.05, 3.63) is 75.5 Å². The van der Waals surface area contributed by atoms with Crippen molar-refractivity contribution >= 4 is 27.7 Å². The lowest BCUT2D eigenvalue weighted by atomic mass is 10.1. The fourth-order valence-corrected chi connectivity index (χ4v) is 3.12. The van der Waals surface area contributed by atoms with Gasteiger partial charge in [-0.3, -0.25) is 9.59 Å². The first-order valence-corrected chi connectivity index (χ1v) is 9.26. The average Bonchev–Trinajstić information content (AvgIpc) is 3.09. The zero-order valence-electron chi connectivity index (χ0n) is 15.4. The molecule has 1 heterocycles. The number of likely N-dealkylation sites (N-methyl/N-ethyl adjacent to an activating group) is 1.